The van der Waals surface area contributed by atoms with Gasteiger partial charge in [-0.05, 0) is 92.8 Å². The summed E-state index contributed by atoms with van der Waals surface area (Å²) in [5, 5.41) is 3.88. The minimum absolute atomic E-state index is 0.00745. The number of fused-ring (bicyclic) bond motifs is 2. The Morgan fingerprint density at radius 1 is 0.765 bits per heavy atom. The summed E-state index contributed by atoms with van der Waals surface area (Å²) in [7, 11) is 0. The Morgan fingerprint density at radius 3 is 2.06 bits per heavy atom. The van der Waals surface area contributed by atoms with Crippen LogP contribution >= 0.6 is 11.6 Å². The van der Waals surface area contributed by atoms with E-state index in [1.165, 1.54) is 43.4 Å². The van der Waals surface area contributed by atoms with E-state index in [-0.39, 0.29) is 6.03 Å². The Kier molecular flexibility index (Phi) is 6.17. The van der Waals surface area contributed by atoms with E-state index in [1.54, 1.807) is 0 Å². The van der Waals surface area contributed by atoms with E-state index in [0.717, 1.165) is 67.9 Å². The molecule has 2 amide bonds. The maximum atomic E-state index is 12.8. The lowest BCUT2D eigenvalue weighted by Gasteiger charge is -2.32. The first kappa shape index (κ1) is 22.2. The van der Waals surface area contributed by atoms with E-state index in [1.807, 2.05) is 17.0 Å². The van der Waals surface area contributed by atoms with Crippen LogP contribution in [0.2, 0.25) is 5.02 Å². The van der Waals surface area contributed by atoms with Crippen LogP contribution in [0.1, 0.15) is 56.4 Å². The van der Waals surface area contributed by atoms with Crippen molar-refractivity contribution in [1.82, 2.24) is 9.80 Å². The molecule has 0 spiro atoms. The summed E-state index contributed by atoms with van der Waals surface area (Å²) in [6.45, 7) is 3.84. The molecule has 4 aliphatic rings. The highest BCUT2D eigenvalue weighted by Crippen LogP contribution is 2.41. The van der Waals surface area contributed by atoms with Gasteiger partial charge in [0.15, 0.2) is 0 Å². The van der Waals surface area contributed by atoms with Crippen LogP contribution in [-0.2, 0) is 0 Å². The molecule has 1 unspecified atom stereocenters. The third-order valence-electron chi connectivity index (χ3n) is 8.70. The number of hydrogen-bond acceptors (Lipinski definition) is 3. The fourth-order valence-corrected chi connectivity index (χ4v) is 7.00. The Morgan fingerprint density at radius 2 is 1.41 bits per heavy atom. The number of rotatable bonds is 4. The molecule has 34 heavy (non-hydrogen) atoms. The molecule has 0 saturated carbocycles. The number of urea groups is 1. The number of halogens is 1. The Bertz CT molecular complexity index is 982. The van der Waals surface area contributed by atoms with Crippen molar-refractivity contribution in [3.8, 4) is 0 Å². The maximum Gasteiger partial charge on any atom is 0.321 e. The fraction of sp³-hybridized carbons (Fsp3) is 0.536. The lowest BCUT2D eigenvalue weighted by Crippen LogP contribution is -2.40. The van der Waals surface area contributed by atoms with Crippen molar-refractivity contribution in [1.29, 1.82) is 0 Å². The summed E-state index contributed by atoms with van der Waals surface area (Å²) in [6, 6.07) is 19.0. The second-order valence-corrected chi connectivity index (χ2v) is 11.0. The van der Waals surface area contributed by atoms with Crippen LogP contribution < -0.4 is 10.2 Å². The van der Waals surface area contributed by atoms with Crippen molar-refractivity contribution in [3.63, 3.8) is 0 Å². The third-order valence-corrected chi connectivity index (χ3v) is 8.95. The molecule has 1 N–H and O–H groups in total. The van der Waals surface area contributed by atoms with Crippen LogP contribution in [0.3, 0.4) is 0 Å². The van der Waals surface area contributed by atoms with Gasteiger partial charge in [0, 0.05) is 60.7 Å². The standard InChI is InChI=1S/C28H35ClN4O/c29-22-3-1-20(2-4-22)21-13-16-31(17-14-21)28(34)30-23-5-7-24(8-6-23)32-18-15-27(19-32)33-25-9-10-26(33)12-11-25/h1-8,21,25-27H,9-19H2,(H,30,34). The minimum atomic E-state index is 0.00745. The lowest BCUT2D eigenvalue weighted by atomic mass is 9.89. The molecule has 2 aromatic carbocycles. The molecule has 2 aromatic rings. The van der Waals surface area contributed by atoms with Gasteiger partial charge in [-0.2, -0.15) is 0 Å². The second-order valence-electron chi connectivity index (χ2n) is 10.6. The van der Waals surface area contributed by atoms with Gasteiger partial charge in [0.05, 0.1) is 0 Å². The van der Waals surface area contributed by atoms with Crippen LogP contribution in [0, 0.1) is 0 Å². The second kappa shape index (κ2) is 9.43. The molecule has 4 aliphatic heterocycles. The van der Waals surface area contributed by atoms with Gasteiger partial charge in [-0.1, -0.05) is 23.7 Å². The molecule has 0 aliphatic carbocycles. The van der Waals surface area contributed by atoms with E-state index in [4.69, 9.17) is 11.6 Å². The van der Waals surface area contributed by atoms with Gasteiger partial charge < -0.3 is 15.1 Å². The van der Waals surface area contributed by atoms with Crippen LogP contribution in [-0.4, -0.2) is 60.1 Å². The summed E-state index contributed by atoms with van der Waals surface area (Å²) in [5.74, 6) is 0.501. The summed E-state index contributed by atoms with van der Waals surface area (Å²) >= 11 is 6.02. The lowest BCUT2D eigenvalue weighted by molar-refractivity contribution is 0.189. The first-order valence-corrected chi connectivity index (χ1v) is 13.5. The molecule has 4 heterocycles. The first-order chi connectivity index (χ1) is 16.6. The van der Waals surface area contributed by atoms with Gasteiger partial charge in [-0.3, -0.25) is 4.90 Å². The Balaban J connectivity index is 1.00. The topological polar surface area (TPSA) is 38.8 Å². The van der Waals surface area contributed by atoms with E-state index < -0.39 is 0 Å². The van der Waals surface area contributed by atoms with Crippen molar-refractivity contribution in [2.45, 2.75) is 69.0 Å². The molecule has 4 fully saturated rings. The van der Waals surface area contributed by atoms with E-state index in [2.05, 4.69) is 51.5 Å². The van der Waals surface area contributed by atoms with Crippen LogP contribution in [0.25, 0.3) is 0 Å². The number of hydrogen-bond donors (Lipinski definition) is 1. The van der Waals surface area contributed by atoms with Crippen molar-refractivity contribution < 1.29 is 4.79 Å². The first-order valence-electron chi connectivity index (χ1n) is 13.1. The predicted octanol–water partition coefficient (Wildman–Crippen LogP) is 5.96. The fourth-order valence-electron chi connectivity index (χ4n) is 6.88. The molecule has 5 nitrogen and oxygen atoms in total. The zero-order valence-corrected chi connectivity index (χ0v) is 20.6. The predicted molar refractivity (Wildman–Crippen MR) is 139 cm³/mol. The normalized spacial score (nSPS) is 27.5. The average Bonchev–Trinajstić information content (AvgIpc) is 3.61. The van der Waals surface area contributed by atoms with Crippen molar-refractivity contribution in [2.24, 2.45) is 0 Å². The summed E-state index contributed by atoms with van der Waals surface area (Å²) < 4.78 is 0. The summed E-state index contributed by atoms with van der Waals surface area (Å²) in [6.07, 6.45) is 8.90. The quantitative estimate of drug-likeness (QED) is 0.589. The average molecular weight is 479 g/mol. The SMILES string of the molecule is O=C(Nc1ccc(N2CCC(N3C4CCC3CC4)C2)cc1)N1CCC(c2ccc(Cl)cc2)CC1. The number of nitrogens with zero attached hydrogens (tertiary/aromatic N) is 3. The highest BCUT2D eigenvalue weighted by atomic mass is 35.5. The van der Waals surface area contributed by atoms with E-state index >= 15 is 0 Å². The molecule has 1 atom stereocenters. The van der Waals surface area contributed by atoms with Crippen LogP contribution in [0.5, 0.6) is 0 Å². The monoisotopic (exact) mass is 478 g/mol. The number of carbonyl (C=O) groups is 1. The Hall–Kier alpha value is -2.24. The summed E-state index contributed by atoms with van der Waals surface area (Å²) in [4.78, 5) is 20.2. The number of piperidine rings is 1. The number of amides is 2. The summed E-state index contributed by atoms with van der Waals surface area (Å²) in [5.41, 5.74) is 3.47. The van der Waals surface area contributed by atoms with E-state index in [0.29, 0.717) is 5.92 Å². The van der Waals surface area contributed by atoms with Gasteiger partial charge in [0.1, 0.15) is 0 Å². The minimum Gasteiger partial charge on any atom is -0.370 e. The zero-order valence-electron chi connectivity index (χ0n) is 19.8. The molecular weight excluding hydrogens is 444 g/mol. The van der Waals surface area contributed by atoms with Crippen LogP contribution in [0.15, 0.2) is 48.5 Å². The highest BCUT2D eigenvalue weighted by molar-refractivity contribution is 6.30. The van der Waals surface area contributed by atoms with Gasteiger partial charge in [-0.25, -0.2) is 4.79 Å². The van der Waals surface area contributed by atoms with Crippen molar-refractivity contribution in [2.75, 3.05) is 36.4 Å². The van der Waals surface area contributed by atoms with Gasteiger partial charge in [0.25, 0.3) is 0 Å². The van der Waals surface area contributed by atoms with Gasteiger partial charge >= 0.3 is 6.03 Å². The molecule has 0 aromatic heterocycles. The molecule has 0 radical (unpaired) electrons. The highest BCUT2D eigenvalue weighted by Gasteiger charge is 2.44. The smallest absolute Gasteiger partial charge is 0.321 e. The molecule has 6 heteroatoms. The molecule has 180 valence electrons. The number of benzene rings is 2. The molecule has 4 saturated heterocycles. The number of anilines is 2. The Labute approximate surface area is 208 Å². The van der Waals surface area contributed by atoms with Gasteiger partial charge in [0.2, 0.25) is 0 Å². The number of carbonyl (C=O) groups excluding carboxylic acids is 1. The van der Waals surface area contributed by atoms with Crippen molar-refractivity contribution in [3.05, 3.63) is 59.1 Å². The van der Waals surface area contributed by atoms with Crippen molar-refractivity contribution >= 4 is 29.0 Å². The largest absolute Gasteiger partial charge is 0.370 e. The van der Waals surface area contributed by atoms with Crippen LogP contribution in [0.4, 0.5) is 16.2 Å². The maximum absolute atomic E-state index is 12.8. The number of nitrogens with one attached hydrogen (secondary N) is 1. The van der Waals surface area contributed by atoms with Gasteiger partial charge in [-0.15, -0.1) is 0 Å². The van der Waals surface area contributed by atoms with E-state index in [9.17, 15) is 4.79 Å². The number of likely N-dealkylation sites (tertiary alicyclic amines) is 1. The zero-order chi connectivity index (χ0) is 23.1. The third kappa shape index (κ3) is 4.40. The molecular formula is C28H35ClN4O. The molecule has 6 rings (SSSR count). The molecule has 2 bridgehead atoms.